The second-order valence-electron chi connectivity index (χ2n) is 4.55. The Bertz CT molecular complexity index is 552. The molecule has 0 aromatic carbocycles. The predicted octanol–water partition coefficient (Wildman–Crippen LogP) is 3.86. The molecule has 2 heterocycles. The van der Waals surface area contributed by atoms with Gasteiger partial charge in [-0.3, -0.25) is 4.98 Å². The van der Waals surface area contributed by atoms with Gasteiger partial charge in [0.2, 0.25) is 0 Å². The van der Waals surface area contributed by atoms with Crippen LogP contribution in [0.25, 0.3) is 11.5 Å². The Labute approximate surface area is 121 Å². The molecule has 0 fully saturated rings. The summed E-state index contributed by atoms with van der Waals surface area (Å²) in [4.78, 5) is 13.4. The second-order valence-corrected chi connectivity index (χ2v) is 5.46. The molecule has 19 heavy (non-hydrogen) atoms. The summed E-state index contributed by atoms with van der Waals surface area (Å²) in [7, 11) is 0. The predicted molar refractivity (Wildman–Crippen MR) is 81.2 cm³/mol. The minimum absolute atomic E-state index is 0.356. The van der Waals surface area contributed by atoms with Crippen LogP contribution in [-0.2, 0) is 0 Å². The van der Waals surface area contributed by atoms with Gasteiger partial charge >= 0.3 is 0 Å². The minimum atomic E-state index is 0.356. The van der Waals surface area contributed by atoms with Gasteiger partial charge in [-0.05, 0) is 40.9 Å². The van der Waals surface area contributed by atoms with Gasteiger partial charge in [-0.1, -0.05) is 13.8 Å². The normalized spacial score (nSPS) is 10.8. The Morgan fingerprint density at radius 1 is 1.26 bits per heavy atom. The van der Waals surface area contributed by atoms with Gasteiger partial charge in [0.25, 0.3) is 0 Å². The first-order valence-electron chi connectivity index (χ1n) is 6.35. The maximum absolute atomic E-state index is 4.59. The number of rotatable bonds is 4. The molecule has 0 saturated carbocycles. The van der Waals surface area contributed by atoms with Crippen LogP contribution in [0.15, 0.2) is 28.9 Å². The summed E-state index contributed by atoms with van der Waals surface area (Å²) in [6.07, 6.45) is 1.76. The van der Waals surface area contributed by atoms with E-state index in [0.29, 0.717) is 11.7 Å². The molecule has 0 spiro atoms. The van der Waals surface area contributed by atoms with Crippen LogP contribution >= 0.6 is 15.9 Å². The quantitative estimate of drug-likeness (QED) is 0.929. The van der Waals surface area contributed by atoms with Gasteiger partial charge < -0.3 is 5.32 Å². The molecule has 0 saturated heterocycles. The van der Waals surface area contributed by atoms with Crippen molar-refractivity contribution in [3.8, 4) is 11.5 Å². The van der Waals surface area contributed by atoms with Crippen molar-refractivity contribution in [2.24, 2.45) is 0 Å². The highest BCUT2D eigenvalue weighted by Gasteiger charge is 2.10. The third-order valence-electron chi connectivity index (χ3n) is 2.65. The summed E-state index contributed by atoms with van der Waals surface area (Å²) in [5.74, 6) is 1.87. The number of nitrogens with one attached hydrogen (secondary N) is 1. The molecule has 2 aromatic heterocycles. The van der Waals surface area contributed by atoms with Gasteiger partial charge in [0.05, 0.1) is 0 Å². The molecule has 0 amide bonds. The van der Waals surface area contributed by atoms with Crippen molar-refractivity contribution in [3.05, 3.63) is 34.6 Å². The number of pyridine rings is 1. The van der Waals surface area contributed by atoms with Crippen LogP contribution < -0.4 is 5.32 Å². The van der Waals surface area contributed by atoms with E-state index in [0.717, 1.165) is 28.2 Å². The number of aromatic nitrogens is 3. The van der Waals surface area contributed by atoms with Crippen molar-refractivity contribution in [2.75, 3.05) is 11.9 Å². The second kappa shape index (κ2) is 6.10. The lowest BCUT2D eigenvalue weighted by molar-refractivity contribution is 0.816. The van der Waals surface area contributed by atoms with E-state index in [1.54, 1.807) is 6.20 Å². The van der Waals surface area contributed by atoms with Gasteiger partial charge in [-0.15, -0.1) is 0 Å². The molecule has 0 bridgehead atoms. The fourth-order valence-corrected chi connectivity index (χ4v) is 1.89. The number of halogens is 1. The lowest BCUT2D eigenvalue weighted by Crippen LogP contribution is -2.05. The summed E-state index contributed by atoms with van der Waals surface area (Å²) in [6, 6.07) is 5.86. The van der Waals surface area contributed by atoms with Crippen LogP contribution in [0.4, 0.5) is 5.82 Å². The zero-order valence-electron chi connectivity index (χ0n) is 11.3. The molecule has 0 aliphatic carbocycles. The highest BCUT2D eigenvalue weighted by Crippen LogP contribution is 2.21. The van der Waals surface area contributed by atoms with Gasteiger partial charge in [-0.25, -0.2) is 9.97 Å². The Morgan fingerprint density at radius 3 is 2.63 bits per heavy atom. The summed E-state index contributed by atoms with van der Waals surface area (Å²) >= 11 is 3.38. The van der Waals surface area contributed by atoms with Crippen LogP contribution in [0, 0.1) is 0 Å². The third kappa shape index (κ3) is 3.50. The third-order valence-corrected chi connectivity index (χ3v) is 3.12. The van der Waals surface area contributed by atoms with E-state index in [2.05, 4.69) is 57.0 Å². The molecule has 1 N–H and O–H groups in total. The maximum atomic E-state index is 4.59. The lowest BCUT2D eigenvalue weighted by Gasteiger charge is -2.10. The van der Waals surface area contributed by atoms with Crippen molar-refractivity contribution in [3.63, 3.8) is 0 Å². The Kier molecular flexibility index (Phi) is 4.47. The fraction of sp³-hybridized carbons (Fsp3) is 0.357. The molecule has 0 aliphatic heterocycles. The first kappa shape index (κ1) is 13.9. The smallest absolute Gasteiger partial charge is 0.180 e. The molecule has 2 aromatic rings. The average Bonchev–Trinajstić information content (AvgIpc) is 2.39. The van der Waals surface area contributed by atoms with Crippen molar-refractivity contribution in [2.45, 2.75) is 26.7 Å². The van der Waals surface area contributed by atoms with Crippen LogP contribution in [-0.4, -0.2) is 21.5 Å². The summed E-state index contributed by atoms with van der Waals surface area (Å²) in [6.45, 7) is 7.13. The van der Waals surface area contributed by atoms with Crippen LogP contribution in [0.2, 0.25) is 0 Å². The zero-order valence-corrected chi connectivity index (χ0v) is 12.9. The molecule has 0 unspecified atom stereocenters. The highest BCUT2D eigenvalue weighted by atomic mass is 79.9. The van der Waals surface area contributed by atoms with Crippen LogP contribution in [0.1, 0.15) is 32.4 Å². The number of anilines is 1. The van der Waals surface area contributed by atoms with E-state index in [1.807, 2.05) is 18.2 Å². The average molecular weight is 321 g/mol. The van der Waals surface area contributed by atoms with Gasteiger partial charge in [0.1, 0.15) is 11.5 Å². The fourth-order valence-electron chi connectivity index (χ4n) is 1.66. The van der Waals surface area contributed by atoms with Crippen molar-refractivity contribution in [1.82, 2.24) is 15.0 Å². The SMILES string of the molecule is CCNc1cc(C(C)C)nc(-c2ccc(Br)cn2)n1. The van der Waals surface area contributed by atoms with Crippen LogP contribution in [0.5, 0.6) is 0 Å². The van der Waals surface area contributed by atoms with E-state index >= 15 is 0 Å². The number of hydrogen-bond donors (Lipinski definition) is 1. The van der Waals surface area contributed by atoms with Crippen molar-refractivity contribution < 1.29 is 0 Å². The van der Waals surface area contributed by atoms with Gasteiger partial charge in [0.15, 0.2) is 5.82 Å². The largest absolute Gasteiger partial charge is 0.370 e. The van der Waals surface area contributed by atoms with Gasteiger partial charge in [0, 0.05) is 29.0 Å². The molecular formula is C14H17BrN4. The summed E-state index contributed by atoms with van der Waals surface area (Å²) < 4.78 is 0.947. The van der Waals surface area contributed by atoms with Crippen molar-refractivity contribution >= 4 is 21.7 Å². The topological polar surface area (TPSA) is 50.7 Å². The molecule has 2 rings (SSSR count). The van der Waals surface area contributed by atoms with Gasteiger partial charge in [-0.2, -0.15) is 0 Å². The van der Waals surface area contributed by atoms with E-state index in [1.165, 1.54) is 0 Å². The monoisotopic (exact) mass is 320 g/mol. The Hall–Kier alpha value is -1.49. The van der Waals surface area contributed by atoms with Crippen LogP contribution in [0.3, 0.4) is 0 Å². The Morgan fingerprint density at radius 2 is 2.05 bits per heavy atom. The molecular weight excluding hydrogens is 304 g/mol. The summed E-state index contributed by atoms with van der Waals surface area (Å²) in [5, 5.41) is 3.24. The zero-order chi connectivity index (χ0) is 13.8. The number of nitrogens with zero attached hydrogens (tertiary/aromatic N) is 3. The van der Waals surface area contributed by atoms with E-state index in [-0.39, 0.29) is 0 Å². The lowest BCUT2D eigenvalue weighted by atomic mass is 10.1. The molecule has 0 radical (unpaired) electrons. The maximum Gasteiger partial charge on any atom is 0.180 e. The Balaban J connectivity index is 2.46. The standard InChI is InChI=1S/C14H17BrN4/c1-4-16-13-7-12(9(2)3)18-14(19-13)11-6-5-10(15)8-17-11/h5-9H,4H2,1-3H3,(H,16,18,19). The minimum Gasteiger partial charge on any atom is -0.370 e. The first-order chi connectivity index (χ1) is 9.10. The number of hydrogen-bond acceptors (Lipinski definition) is 4. The molecule has 5 heteroatoms. The summed E-state index contributed by atoms with van der Waals surface area (Å²) in [5.41, 5.74) is 1.80. The van der Waals surface area contributed by atoms with E-state index in [9.17, 15) is 0 Å². The highest BCUT2D eigenvalue weighted by molar-refractivity contribution is 9.10. The van der Waals surface area contributed by atoms with E-state index in [4.69, 9.17) is 0 Å². The first-order valence-corrected chi connectivity index (χ1v) is 7.14. The van der Waals surface area contributed by atoms with Crippen molar-refractivity contribution in [1.29, 1.82) is 0 Å². The molecule has 0 atom stereocenters. The molecule has 4 nitrogen and oxygen atoms in total. The van der Waals surface area contributed by atoms with E-state index < -0.39 is 0 Å². The molecule has 0 aliphatic rings. The molecule has 100 valence electrons.